The van der Waals surface area contributed by atoms with Crippen LogP contribution in [0, 0.1) is 0 Å². The minimum absolute atomic E-state index is 0.302. The first-order chi connectivity index (χ1) is 10.1. The first kappa shape index (κ1) is 15.3. The third-order valence-corrected chi connectivity index (χ3v) is 3.47. The second-order valence-electron chi connectivity index (χ2n) is 4.35. The van der Waals surface area contributed by atoms with Gasteiger partial charge in [0, 0.05) is 4.47 Å². The molecule has 0 saturated carbocycles. The Morgan fingerprint density at radius 1 is 1.14 bits per heavy atom. The average Bonchev–Trinajstić information content (AvgIpc) is 2.52. The van der Waals surface area contributed by atoms with Gasteiger partial charge in [-0.3, -0.25) is 4.79 Å². The third-order valence-electron chi connectivity index (χ3n) is 2.94. The number of ether oxygens (including phenoxy) is 1. The molecule has 0 aliphatic rings. The molecule has 0 saturated heterocycles. The summed E-state index contributed by atoms with van der Waals surface area (Å²) < 4.78 is 6.15. The van der Waals surface area contributed by atoms with E-state index in [-0.39, 0.29) is 5.91 Å². The van der Waals surface area contributed by atoms with Gasteiger partial charge in [0.25, 0.3) is 5.91 Å². The molecule has 0 spiro atoms. The van der Waals surface area contributed by atoms with Crippen LogP contribution in [0.3, 0.4) is 0 Å². The topological polar surface area (TPSA) is 50.7 Å². The van der Waals surface area contributed by atoms with Gasteiger partial charge in [-0.1, -0.05) is 40.2 Å². The molecule has 1 N–H and O–H groups in total. The molecular formula is C16H15BrN2O2. The van der Waals surface area contributed by atoms with Crippen LogP contribution in [0.2, 0.25) is 0 Å². The number of amides is 1. The summed E-state index contributed by atoms with van der Waals surface area (Å²) in [7, 11) is 1.53. The van der Waals surface area contributed by atoms with E-state index < -0.39 is 0 Å². The largest absolute Gasteiger partial charge is 0.496 e. The van der Waals surface area contributed by atoms with Gasteiger partial charge in [-0.15, -0.1) is 0 Å². The lowest BCUT2D eigenvalue weighted by molar-refractivity contribution is 0.0952. The lowest BCUT2D eigenvalue weighted by Crippen LogP contribution is -2.20. The second-order valence-corrected chi connectivity index (χ2v) is 5.26. The van der Waals surface area contributed by atoms with Crippen molar-refractivity contribution < 1.29 is 9.53 Å². The number of hydrogen-bond donors (Lipinski definition) is 1. The maximum absolute atomic E-state index is 12.1. The molecule has 0 unspecified atom stereocenters. The van der Waals surface area contributed by atoms with Crippen LogP contribution in [-0.2, 0) is 0 Å². The van der Waals surface area contributed by atoms with Gasteiger partial charge in [-0.2, -0.15) is 5.10 Å². The Bertz CT molecular complexity index is 666. The molecule has 4 nitrogen and oxygen atoms in total. The Morgan fingerprint density at radius 3 is 2.48 bits per heavy atom. The lowest BCUT2D eigenvalue weighted by atomic mass is 10.1. The van der Waals surface area contributed by atoms with Crippen LogP contribution in [-0.4, -0.2) is 18.7 Å². The number of carbonyl (C=O) groups is 1. The Labute approximate surface area is 132 Å². The molecule has 0 aromatic heterocycles. The van der Waals surface area contributed by atoms with Gasteiger partial charge in [0.15, 0.2) is 0 Å². The summed E-state index contributed by atoms with van der Waals surface area (Å²) in [5, 5.41) is 4.12. The average molecular weight is 347 g/mol. The summed E-state index contributed by atoms with van der Waals surface area (Å²) in [6.45, 7) is 1.84. The molecule has 108 valence electrons. The monoisotopic (exact) mass is 346 g/mol. The van der Waals surface area contributed by atoms with E-state index in [4.69, 9.17) is 4.74 Å². The van der Waals surface area contributed by atoms with Crippen molar-refractivity contribution in [1.82, 2.24) is 5.43 Å². The van der Waals surface area contributed by atoms with Crippen molar-refractivity contribution in [1.29, 1.82) is 0 Å². The summed E-state index contributed by atoms with van der Waals surface area (Å²) in [6, 6.07) is 14.7. The fourth-order valence-electron chi connectivity index (χ4n) is 1.78. The number of nitrogens with zero attached hydrogens (tertiary/aromatic N) is 1. The van der Waals surface area contributed by atoms with Gasteiger partial charge in [0.05, 0.1) is 18.4 Å². The summed E-state index contributed by atoms with van der Waals surface area (Å²) in [5.74, 6) is 0.218. The molecule has 0 atom stereocenters. The zero-order valence-electron chi connectivity index (χ0n) is 11.8. The van der Waals surface area contributed by atoms with E-state index >= 15 is 0 Å². The molecule has 21 heavy (non-hydrogen) atoms. The van der Waals surface area contributed by atoms with Crippen LogP contribution in [0.15, 0.2) is 58.1 Å². The third kappa shape index (κ3) is 3.92. The Morgan fingerprint density at radius 2 is 1.81 bits per heavy atom. The molecule has 2 aromatic rings. The number of methoxy groups -OCH3 is 1. The molecule has 2 aromatic carbocycles. The van der Waals surface area contributed by atoms with Gasteiger partial charge in [-0.05, 0) is 36.8 Å². The molecule has 0 fully saturated rings. The minimum atomic E-state index is -0.302. The number of hydrogen-bond acceptors (Lipinski definition) is 3. The Hall–Kier alpha value is -2.14. The first-order valence-electron chi connectivity index (χ1n) is 6.35. The fraction of sp³-hybridized carbons (Fsp3) is 0.125. The van der Waals surface area contributed by atoms with E-state index in [1.54, 1.807) is 18.2 Å². The molecule has 0 aliphatic heterocycles. The maximum Gasteiger partial charge on any atom is 0.275 e. The highest BCUT2D eigenvalue weighted by Crippen LogP contribution is 2.17. The van der Waals surface area contributed by atoms with Crippen molar-refractivity contribution in [2.24, 2.45) is 5.10 Å². The van der Waals surface area contributed by atoms with Crippen LogP contribution >= 0.6 is 15.9 Å². The van der Waals surface area contributed by atoms with Crippen LogP contribution in [0.1, 0.15) is 22.8 Å². The standard InChI is InChI=1S/C16H15BrN2O2/c1-11(12-7-9-13(17)10-8-12)18-19-16(20)14-5-3-4-6-15(14)21-2/h3-10H,1-2H3,(H,19,20). The van der Waals surface area contributed by atoms with Crippen LogP contribution in [0.5, 0.6) is 5.75 Å². The zero-order chi connectivity index (χ0) is 15.2. The van der Waals surface area contributed by atoms with Crippen LogP contribution in [0.25, 0.3) is 0 Å². The molecular weight excluding hydrogens is 332 g/mol. The summed E-state index contributed by atoms with van der Waals surface area (Å²) >= 11 is 3.38. The smallest absolute Gasteiger partial charge is 0.275 e. The SMILES string of the molecule is COc1ccccc1C(=O)NN=C(C)c1ccc(Br)cc1. The van der Waals surface area contributed by atoms with Crippen molar-refractivity contribution >= 4 is 27.5 Å². The summed E-state index contributed by atoms with van der Waals surface area (Å²) in [4.78, 5) is 12.1. The summed E-state index contributed by atoms with van der Waals surface area (Å²) in [6.07, 6.45) is 0. The van der Waals surface area contributed by atoms with Gasteiger partial charge in [-0.25, -0.2) is 5.43 Å². The number of nitrogens with one attached hydrogen (secondary N) is 1. The summed E-state index contributed by atoms with van der Waals surface area (Å²) in [5.41, 5.74) is 4.67. The van der Waals surface area contributed by atoms with Crippen molar-refractivity contribution in [3.05, 3.63) is 64.1 Å². The van der Waals surface area contributed by atoms with Crippen molar-refractivity contribution in [3.8, 4) is 5.75 Å². The predicted octanol–water partition coefficient (Wildman–Crippen LogP) is 3.61. The number of halogens is 1. The lowest BCUT2D eigenvalue weighted by Gasteiger charge is -2.07. The van der Waals surface area contributed by atoms with E-state index in [1.807, 2.05) is 37.3 Å². The molecule has 0 aliphatic carbocycles. The van der Waals surface area contributed by atoms with E-state index in [1.165, 1.54) is 7.11 Å². The van der Waals surface area contributed by atoms with Gasteiger partial charge in [0.2, 0.25) is 0 Å². The van der Waals surface area contributed by atoms with E-state index in [0.717, 1.165) is 15.7 Å². The van der Waals surface area contributed by atoms with Crippen LogP contribution in [0.4, 0.5) is 0 Å². The van der Waals surface area contributed by atoms with Crippen LogP contribution < -0.4 is 10.2 Å². The Balaban J connectivity index is 2.12. The van der Waals surface area contributed by atoms with Gasteiger partial charge in [0.1, 0.15) is 5.75 Å². The highest BCUT2D eigenvalue weighted by Gasteiger charge is 2.10. The van der Waals surface area contributed by atoms with Gasteiger partial charge < -0.3 is 4.74 Å². The maximum atomic E-state index is 12.1. The minimum Gasteiger partial charge on any atom is -0.496 e. The normalized spacial score (nSPS) is 11.1. The number of benzene rings is 2. The number of carbonyl (C=O) groups excluding carboxylic acids is 1. The quantitative estimate of drug-likeness (QED) is 0.679. The molecule has 1 amide bonds. The van der Waals surface area contributed by atoms with Gasteiger partial charge >= 0.3 is 0 Å². The number of hydrazone groups is 1. The highest BCUT2D eigenvalue weighted by molar-refractivity contribution is 9.10. The highest BCUT2D eigenvalue weighted by atomic mass is 79.9. The van der Waals surface area contributed by atoms with Crippen molar-refractivity contribution in [2.75, 3.05) is 7.11 Å². The second kappa shape index (κ2) is 7.04. The predicted molar refractivity (Wildman–Crippen MR) is 86.8 cm³/mol. The molecule has 2 rings (SSSR count). The van der Waals surface area contributed by atoms with Crippen molar-refractivity contribution in [2.45, 2.75) is 6.92 Å². The first-order valence-corrected chi connectivity index (χ1v) is 7.14. The zero-order valence-corrected chi connectivity index (χ0v) is 13.3. The van der Waals surface area contributed by atoms with E-state index in [0.29, 0.717) is 11.3 Å². The molecule has 5 heteroatoms. The van der Waals surface area contributed by atoms with E-state index in [2.05, 4.69) is 26.5 Å². The molecule has 0 radical (unpaired) electrons. The van der Waals surface area contributed by atoms with E-state index in [9.17, 15) is 4.79 Å². The number of rotatable bonds is 4. The fourth-order valence-corrected chi connectivity index (χ4v) is 2.05. The number of para-hydroxylation sites is 1. The molecule has 0 bridgehead atoms. The van der Waals surface area contributed by atoms with Crippen molar-refractivity contribution in [3.63, 3.8) is 0 Å². The Kier molecular flexibility index (Phi) is 5.11. The molecule has 0 heterocycles.